The average molecular weight is 261 g/mol. The van der Waals surface area contributed by atoms with Gasteiger partial charge in [-0.1, -0.05) is 13.8 Å². The van der Waals surface area contributed by atoms with Crippen molar-refractivity contribution in [3.63, 3.8) is 0 Å². The second-order valence-electron chi connectivity index (χ2n) is 4.65. The summed E-state index contributed by atoms with van der Waals surface area (Å²) in [5.74, 6) is 0.362. The number of halogens is 3. The van der Waals surface area contributed by atoms with E-state index in [9.17, 15) is 12.9 Å². The van der Waals surface area contributed by atoms with Gasteiger partial charge in [-0.05, 0) is 26.3 Å². The number of hydrogen-bond donors (Lipinski definition) is 0. The first-order valence-corrected chi connectivity index (χ1v) is 5.26. The molecule has 0 radical (unpaired) electrons. The Balaban J connectivity index is 0. The van der Waals surface area contributed by atoms with E-state index in [0.29, 0.717) is 12.5 Å². The fourth-order valence-corrected chi connectivity index (χ4v) is 1.29. The maximum absolute atomic E-state index is 12.3. The van der Waals surface area contributed by atoms with Gasteiger partial charge >= 0.3 is 58.4 Å². The third kappa shape index (κ3) is 8.31. The quantitative estimate of drug-likeness (QED) is 0.622. The molecule has 0 rings (SSSR count). The first-order chi connectivity index (χ1) is 6.64. The predicted octanol–water partition coefficient (Wildman–Crippen LogP) is 0.300. The average Bonchev–Trinajstić information content (AvgIpc) is 1.99. The minimum Gasteiger partial charge on any atom is -0.445 e. The fourth-order valence-electron chi connectivity index (χ4n) is 1.29. The Morgan fingerprint density at radius 2 is 1.62 bits per heavy atom. The van der Waals surface area contributed by atoms with Gasteiger partial charge in [-0.2, -0.15) is 0 Å². The van der Waals surface area contributed by atoms with Gasteiger partial charge in [0.1, 0.15) is 0 Å². The standard InChI is InChI=1S/C10H20BF3N.K/c1-8(2)6-15(9(3)4)7-10(5)11(12,13)14;/h8-9H,5-7H2,1-4H3;/q-1;+1. The number of hydrogen-bond acceptors (Lipinski definition) is 1. The Kier molecular flexibility index (Phi) is 10.2. The molecule has 0 saturated heterocycles. The minimum absolute atomic E-state index is 0. The maximum Gasteiger partial charge on any atom is 1.00 e. The predicted molar refractivity (Wildman–Crippen MR) is 59.8 cm³/mol. The Labute approximate surface area is 139 Å². The van der Waals surface area contributed by atoms with E-state index in [1.807, 2.05) is 32.6 Å². The third-order valence-electron chi connectivity index (χ3n) is 2.20. The Morgan fingerprint density at radius 3 is 1.88 bits per heavy atom. The van der Waals surface area contributed by atoms with Crippen LogP contribution in [-0.4, -0.2) is 31.0 Å². The van der Waals surface area contributed by atoms with Crippen LogP contribution in [0.25, 0.3) is 0 Å². The topological polar surface area (TPSA) is 3.24 Å². The SMILES string of the molecule is C=C(CN(CC(C)C)C(C)C)[B-](F)(F)F.[K+]. The van der Waals surface area contributed by atoms with Crippen LogP contribution in [0.2, 0.25) is 0 Å². The van der Waals surface area contributed by atoms with Crippen molar-refractivity contribution in [1.29, 1.82) is 0 Å². The molecular formula is C10H20BF3KN. The van der Waals surface area contributed by atoms with Crippen LogP contribution in [0.1, 0.15) is 27.7 Å². The van der Waals surface area contributed by atoms with Crippen LogP contribution in [0.15, 0.2) is 12.1 Å². The molecule has 0 aliphatic heterocycles. The summed E-state index contributed by atoms with van der Waals surface area (Å²) in [6, 6.07) is 0.113. The smallest absolute Gasteiger partial charge is 0.445 e. The molecule has 90 valence electrons. The minimum atomic E-state index is -4.90. The van der Waals surface area contributed by atoms with E-state index in [1.165, 1.54) is 0 Å². The maximum atomic E-state index is 12.3. The van der Waals surface area contributed by atoms with E-state index in [1.54, 1.807) is 0 Å². The first-order valence-electron chi connectivity index (χ1n) is 5.26. The molecule has 0 heterocycles. The van der Waals surface area contributed by atoms with Gasteiger partial charge in [0.05, 0.1) is 0 Å². The summed E-state index contributed by atoms with van der Waals surface area (Å²) in [4.78, 5) is 1.81. The van der Waals surface area contributed by atoms with Crippen molar-refractivity contribution < 1.29 is 64.3 Å². The molecule has 0 fully saturated rings. The summed E-state index contributed by atoms with van der Waals surface area (Å²) < 4.78 is 37.0. The molecule has 0 N–H and O–H groups in total. The molecule has 0 amide bonds. The number of nitrogens with zero attached hydrogens (tertiary/aromatic N) is 1. The summed E-state index contributed by atoms with van der Waals surface area (Å²) in [6.45, 7) is 6.62. The molecule has 1 nitrogen and oxygen atoms in total. The zero-order valence-electron chi connectivity index (χ0n) is 10.9. The van der Waals surface area contributed by atoms with Crippen molar-refractivity contribution in [2.75, 3.05) is 13.1 Å². The molecule has 0 spiro atoms. The molecule has 0 aromatic carbocycles. The normalized spacial score (nSPS) is 12.1. The second kappa shape index (κ2) is 8.32. The Morgan fingerprint density at radius 1 is 1.19 bits per heavy atom. The molecule has 6 heteroatoms. The van der Waals surface area contributed by atoms with Crippen molar-refractivity contribution in [2.24, 2.45) is 5.92 Å². The zero-order valence-corrected chi connectivity index (χ0v) is 14.1. The molecule has 0 aromatic rings. The molecule has 0 unspecified atom stereocenters. The van der Waals surface area contributed by atoms with E-state index in [2.05, 4.69) is 6.58 Å². The third-order valence-corrected chi connectivity index (χ3v) is 2.20. The van der Waals surface area contributed by atoms with E-state index in [0.717, 1.165) is 0 Å². The molecule has 0 aromatic heterocycles. The molecule has 0 saturated carbocycles. The molecule has 16 heavy (non-hydrogen) atoms. The van der Waals surface area contributed by atoms with Crippen molar-refractivity contribution in [1.82, 2.24) is 4.90 Å². The Hall–Kier alpha value is 1.19. The summed E-state index contributed by atoms with van der Waals surface area (Å²) in [6.07, 6.45) is 0. The monoisotopic (exact) mass is 261 g/mol. The van der Waals surface area contributed by atoms with Gasteiger partial charge in [0.25, 0.3) is 0 Å². The molecule has 0 aliphatic carbocycles. The summed E-state index contributed by atoms with van der Waals surface area (Å²) in [5.41, 5.74) is -0.607. The van der Waals surface area contributed by atoms with Crippen molar-refractivity contribution >= 4 is 6.98 Å². The number of rotatable bonds is 6. The van der Waals surface area contributed by atoms with Crippen LogP contribution < -0.4 is 51.4 Å². The van der Waals surface area contributed by atoms with Gasteiger partial charge in [0.2, 0.25) is 0 Å². The molecule has 0 aliphatic rings. The van der Waals surface area contributed by atoms with Crippen LogP contribution in [0.4, 0.5) is 12.9 Å². The molecular weight excluding hydrogens is 241 g/mol. The van der Waals surface area contributed by atoms with E-state index >= 15 is 0 Å². The van der Waals surface area contributed by atoms with Crippen molar-refractivity contribution in [2.45, 2.75) is 33.7 Å². The summed E-state index contributed by atoms with van der Waals surface area (Å²) in [5, 5.41) is 0. The van der Waals surface area contributed by atoms with Gasteiger partial charge in [0, 0.05) is 12.6 Å². The molecule has 0 bridgehead atoms. The van der Waals surface area contributed by atoms with Gasteiger partial charge < -0.3 is 12.9 Å². The van der Waals surface area contributed by atoms with E-state index in [4.69, 9.17) is 0 Å². The van der Waals surface area contributed by atoms with Gasteiger partial charge in [-0.25, -0.2) is 0 Å². The summed E-state index contributed by atoms with van der Waals surface area (Å²) >= 11 is 0. The van der Waals surface area contributed by atoms with E-state index in [-0.39, 0.29) is 64.0 Å². The van der Waals surface area contributed by atoms with Crippen LogP contribution >= 0.6 is 0 Å². The second-order valence-corrected chi connectivity index (χ2v) is 4.65. The van der Waals surface area contributed by atoms with Crippen LogP contribution in [0.5, 0.6) is 0 Å². The van der Waals surface area contributed by atoms with Gasteiger partial charge in [-0.15, -0.1) is 12.1 Å². The van der Waals surface area contributed by atoms with Crippen LogP contribution in [0.3, 0.4) is 0 Å². The van der Waals surface area contributed by atoms with Crippen LogP contribution in [0, 0.1) is 5.92 Å². The van der Waals surface area contributed by atoms with Crippen molar-refractivity contribution in [3.8, 4) is 0 Å². The fraction of sp³-hybridized carbons (Fsp3) is 0.800. The molecule has 0 atom stereocenters. The zero-order chi connectivity index (χ0) is 12.2. The van der Waals surface area contributed by atoms with Crippen LogP contribution in [-0.2, 0) is 0 Å². The summed E-state index contributed by atoms with van der Waals surface area (Å²) in [7, 11) is 0. The van der Waals surface area contributed by atoms with Crippen molar-refractivity contribution in [3.05, 3.63) is 12.1 Å². The van der Waals surface area contributed by atoms with E-state index < -0.39 is 12.4 Å². The van der Waals surface area contributed by atoms with Gasteiger partial charge in [0.15, 0.2) is 0 Å². The Bertz CT molecular complexity index is 217. The largest absolute Gasteiger partial charge is 1.00 e. The first kappa shape index (κ1) is 19.5. The van der Waals surface area contributed by atoms with Gasteiger partial charge in [-0.3, -0.25) is 4.90 Å².